The molecule has 1 unspecified atom stereocenters. The van der Waals surface area contributed by atoms with E-state index in [1.165, 1.54) is 0 Å². The maximum Gasteiger partial charge on any atom is 0.205 e. The highest BCUT2D eigenvalue weighted by Gasteiger charge is 2.27. The van der Waals surface area contributed by atoms with E-state index in [1.54, 1.807) is 0 Å². The lowest BCUT2D eigenvalue weighted by Crippen LogP contribution is -2.35. The van der Waals surface area contributed by atoms with Crippen molar-refractivity contribution in [3.05, 3.63) is 29.3 Å². The van der Waals surface area contributed by atoms with Gasteiger partial charge in [0.1, 0.15) is 5.75 Å². The Morgan fingerprint density at radius 2 is 2.25 bits per heavy atom. The summed E-state index contributed by atoms with van der Waals surface area (Å²) < 4.78 is 11.2. The lowest BCUT2D eigenvalue weighted by atomic mass is 10.0. The molecule has 0 fully saturated rings. The Morgan fingerprint density at radius 3 is 2.94 bits per heavy atom. The minimum atomic E-state index is -0.625. The Kier molecular flexibility index (Phi) is 2.88. The Labute approximate surface area is 95.0 Å². The van der Waals surface area contributed by atoms with Crippen LogP contribution in [0.2, 0.25) is 0 Å². The minimum Gasteiger partial charge on any atom is -0.463 e. The van der Waals surface area contributed by atoms with Gasteiger partial charge in [0.2, 0.25) is 5.79 Å². The van der Waals surface area contributed by atoms with Gasteiger partial charge in [-0.2, -0.15) is 0 Å². The van der Waals surface area contributed by atoms with E-state index < -0.39 is 11.9 Å². The molecule has 3 N–H and O–H groups in total. The van der Waals surface area contributed by atoms with Crippen LogP contribution in [0, 0.1) is 0 Å². The largest absolute Gasteiger partial charge is 0.463 e. The second kappa shape index (κ2) is 4.05. The van der Waals surface area contributed by atoms with Crippen molar-refractivity contribution >= 4 is 0 Å². The van der Waals surface area contributed by atoms with Crippen molar-refractivity contribution in [2.24, 2.45) is 5.73 Å². The zero-order chi connectivity index (χ0) is 11.8. The quantitative estimate of drug-likeness (QED) is 0.793. The van der Waals surface area contributed by atoms with Gasteiger partial charge >= 0.3 is 0 Å². The summed E-state index contributed by atoms with van der Waals surface area (Å²) in [7, 11) is 0. The highest BCUT2D eigenvalue weighted by Crippen LogP contribution is 2.32. The van der Waals surface area contributed by atoms with Crippen LogP contribution in [0.4, 0.5) is 0 Å². The first-order valence-electron chi connectivity index (χ1n) is 5.36. The van der Waals surface area contributed by atoms with Gasteiger partial charge in [0.25, 0.3) is 0 Å². The molecule has 1 heterocycles. The molecule has 0 bridgehead atoms. The van der Waals surface area contributed by atoms with Gasteiger partial charge in [0, 0.05) is 26.0 Å². The van der Waals surface area contributed by atoms with Crippen LogP contribution in [-0.2, 0) is 11.3 Å². The Bertz CT molecular complexity index is 390. The lowest BCUT2D eigenvalue weighted by molar-refractivity contribution is -0.180. The fourth-order valence-electron chi connectivity index (χ4n) is 1.70. The van der Waals surface area contributed by atoms with Crippen molar-refractivity contribution in [3.8, 4) is 5.75 Å². The number of hydrogen-bond donors (Lipinski definition) is 2. The van der Waals surface area contributed by atoms with Gasteiger partial charge < -0.3 is 20.3 Å². The summed E-state index contributed by atoms with van der Waals surface area (Å²) in [6, 6.07) is 5.56. The van der Waals surface area contributed by atoms with Gasteiger partial charge in [0.15, 0.2) is 0 Å². The van der Waals surface area contributed by atoms with Gasteiger partial charge in [-0.25, -0.2) is 0 Å². The summed E-state index contributed by atoms with van der Waals surface area (Å²) in [6.45, 7) is 4.45. The molecule has 1 aromatic rings. The number of rotatable bonds is 2. The third-order valence-electron chi connectivity index (χ3n) is 2.62. The molecule has 0 aromatic heterocycles. The molecular weight excluding hydrogens is 206 g/mol. The Morgan fingerprint density at radius 1 is 1.50 bits per heavy atom. The van der Waals surface area contributed by atoms with Crippen molar-refractivity contribution in [1.82, 2.24) is 0 Å². The first kappa shape index (κ1) is 11.4. The molecule has 0 saturated heterocycles. The van der Waals surface area contributed by atoms with Crippen molar-refractivity contribution in [2.75, 3.05) is 6.54 Å². The van der Waals surface area contributed by atoms with E-state index >= 15 is 0 Å². The molecule has 1 atom stereocenters. The van der Waals surface area contributed by atoms with E-state index in [9.17, 15) is 5.11 Å². The zero-order valence-electron chi connectivity index (χ0n) is 9.56. The molecule has 0 amide bonds. The smallest absolute Gasteiger partial charge is 0.205 e. The second-order valence-electron chi connectivity index (χ2n) is 4.41. The van der Waals surface area contributed by atoms with E-state index in [-0.39, 0.29) is 6.54 Å². The van der Waals surface area contributed by atoms with E-state index in [0.29, 0.717) is 6.61 Å². The average molecular weight is 223 g/mol. The standard InChI is InChI=1S/C12H17NO3/c1-12(2)15-7-9-5-8(10(14)6-13)3-4-11(9)16-12/h3-5,10,14H,6-7,13H2,1-2H3. The Hall–Kier alpha value is -1.10. The summed E-state index contributed by atoms with van der Waals surface area (Å²) in [5.41, 5.74) is 7.16. The molecule has 0 spiro atoms. The normalized spacial score (nSPS) is 19.8. The summed E-state index contributed by atoms with van der Waals surface area (Å²) in [6.07, 6.45) is -0.625. The van der Waals surface area contributed by atoms with Crippen molar-refractivity contribution in [2.45, 2.75) is 32.3 Å². The van der Waals surface area contributed by atoms with Gasteiger partial charge in [-0.3, -0.25) is 0 Å². The average Bonchev–Trinajstić information content (AvgIpc) is 2.26. The first-order chi connectivity index (χ1) is 7.52. The first-order valence-corrected chi connectivity index (χ1v) is 5.36. The van der Waals surface area contributed by atoms with E-state index in [0.717, 1.165) is 16.9 Å². The molecule has 0 radical (unpaired) electrons. The summed E-state index contributed by atoms with van der Waals surface area (Å²) in [4.78, 5) is 0. The molecule has 4 nitrogen and oxygen atoms in total. The van der Waals surface area contributed by atoms with Crippen LogP contribution in [0.25, 0.3) is 0 Å². The number of ether oxygens (including phenoxy) is 2. The van der Waals surface area contributed by atoms with E-state index in [4.69, 9.17) is 15.2 Å². The zero-order valence-corrected chi connectivity index (χ0v) is 9.56. The summed E-state index contributed by atoms with van der Waals surface area (Å²) in [5, 5.41) is 9.63. The summed E-state index contributed by atoms with van der Waals surface area (Å²) in [5.74, 6) is 0.227. The number of aliphatic hydroxyl groups excluding tert-OH is 1. The number of benzene rings is 1. The molecule has 88 valence electrons. The van der Waals surface area contributed by atoms with Crippen LogP contribution in [0.3, 0.4) is 0 Å². The third-order valence-corrected chi connectivity index (χ3v) is 2.62. The van der Waals surface area contributed by atoms with Crippen LogP contribution in [-0.4, -0.2) is 17.4 Å². The number of nitrogens with two attached hydrogens (primary N) is 1. The third kappa shape index (κ3) is 2.19. The molecular formula is C12H17NO3. The van der Waals surface area contributed by atoms with Crippen LogP contribution < -0.4 is 10.5 Å². The Balaban J connectivity index is 2.28. The number of hydrogen-bond acceptors (Lipinski definition) is 4. The maximum atomic E-state index is 9.63. The highest BCUT2D eigenvalue weighted by atomic mass is 16.7. The fraction of sp³-hybridized carbons (Fsp3) is 0.500. The molecule has 2 rings (SSSR count). The van der Waals surface area contributed by atoms with E-state index in [2.05, 4.69) is 0 Å². The molecule has 1 aliphatic heterocycles. The predicted molar refractivity (Wildman–Crippen MR) is 60.0 cm³/mol. The van der Waals surface area contributed by atoms with Crippen molar-refractivity contribution in [3.63, 3.8) is 0 Å². The molecule has 1 aliphatic rings. The van der Waals surface area contributed by atoms with Crippen molar-refractivity contribution in [1.29, 1.82) is 0 Å². The monoisotopic (exact) mass is 223 g/mol. The van der Waals surface area contributed by atoms with Gasteiger partial charge in [0.05, 0.1) is 12.7 Å². The topological polar surface area (TPSA) is 64.7 Å². The number of fused-ring (bicyclic) bond motifs is 1. The van der Waals surface area contributed by atoms with E-state index in [1.807, 2.05) is 32.0 Å². The number of aliphatic hydroxyl groups is 1. The van der Waals surface area contributed by atoms with Gasteiger partial charge in [-0.05, 0) is 17.7 Å². The molecule has 0 saturated carbocycles. The lowest BCUT2D eigenvalue weighted by Gasteiger charge is -2.32. The molecule has 1 aromatic carbocycles. The van der Waals surface area contributed by atoms with Crippen LogP contribution in [0.15, 0.2) is 18.2 Å². The highest BCUT2D eigenvalue weighted by molar-refractivity contribution is 5.39. The van der Waals surface area contributed by atoms with Crippen LogP contribution in [0.1, 0.15) is 31.1 Å². The fourth-order valence-corrected chi connectivity index (χ4v) is 1.70. The van der Waals surface area contributed by atoms with Crippen LogP contribution >= 0.6 is 0 Å². The van der Waals surface area contributed by atoms with Gasteiger partial charge in [-0.1, -0.05) is 6.07 Å². The summed E-state index contributed by atoms with van der Waals surface area (Å²) >= 11 is 0. The molecule has 16 heavy (non-hydrogen) atoms. The second-order valence-corrected chi connectivity index (χ2v) is 4.41. The molecule has 0 aliphatic carbocycles. The maximum absolute atomic E-state index is 9.63. The predicted octanol–water partition coefficient (Wildman–Crippen LogP) is 1.32. The molecule has 4 heteroatoms. The van der Waals surface area contributed by atoms with Crippen LogP contribution in [0.5, 0.6) is 5.75 Å². The van der Waals surface area contributed by atoms with Gasteiger partial charge in [-0.15, -0.1) is 0 Å². The SMILES string of the molecule is CC1(C)OCc2cc(C(O)CN)ccc2O1. The minimum absolute atomic E-state index is 0.214. The van der Waals surface area contributed by atoms with Crippen molar-refractivity contribution < 1.29 is 14.6 Å².